The maximum absolute atomic E-state index is 13.5. The molecule has 0 spiro atoms. The summed E-state index contributed by atoms with van der Waals surface area (Å²) in [6, 6.07) is 4.15. The molecule has 0 saturated carbocycles. The van der Waals surface area contributed by atoms with Crippen LogP contribution in [0, 0.1) is 11.7 Å². The van der Waals surface area contributed by atoms with Crippen molar-refractivity contribution in [3.8, 4) is 0 Å². The molecule has 1 rings (SSSR count). The molecule has 0 saturated heterocycles. The first-order valence-corrected chi connectivity index (χ1v) is 6.19. The highest BCUT2D eigenvalue weighted by Crippen LogP contribution is 2.28. The first kappa shape index (κ1) is 13.0. The molecule has 0 aliphatic carbocycles. The Morgan fingerprint density at radius 1 is 1.56 bits per heavy atom. The van der Waals surface area contributed by atoms with E-state index >= 15 is 0 Å². The number of aromatic carboxylic acids is 1. The normalized spacial score (nSPS) is 12.4. The van der Waals surface area contributed by atoms with Crippen molar-refractivity contribution in [2.45, 2.75) is 25.2 Å². The fourth-order valence-corrected chi connectivity index (χ4v) is 2.37. The van der Waals surface area contributed by atoms with E-state index in [-0.39, 0.29) is 10.5 Å². The van der Waals surface area contributed by atoms with Gasteiger partial charge in [-0.2, -0.15) is 0 Å². The van der Waals surface area contributed by atoms with Crippen molar-refractivity contribution in [3.63, 3.8) is 0 Å². The van der Waals surface area contributed by atoms with Gasteiger partial charge in [0.1, 0.15) is 5.82 Å². The quantitative estimate of drug-likeness (QED) is 0.800. The van der Waals surface area contributed by atoms with Crippen LogP contribution in [0.15, 0.2) is 23.1 Å². The average Bonchev–Trinajstić information content (AvgIpc) is 2.26. The zero-order valence-corrected chi connectivity index (χ0v) is 10.2. The zero-order chi connectivity index (χ0) is 12.1. The van der Waals surface area contributed by atoms with Crippen LogP contribution in [0.25, 0.3) is 0 Å². The number of rotatable bonds is 5. The van der Waals surface area contributed by atoms with Gasteiger partial charge in [0.15, 0.2) is 0 Å². The Balaban J connectivity index is 2.88. The minimum atomic E-state index is -1.08. The Bertz CT molecular complexity index is 379. The molecule has 0 bridgehead atoms. The highest BCUT2D eigenvalue weighted by molar-refractivity contribution is 7.99. The van der Waals surface area contributed by atoms with Gasteiger partial charge in [0, 0.05) is 5.75 Å². The van der Waals surface area contributed by atoms with Crippen molar-refractivity contribution in [2.24, 2.45) is 5.92 Å². The van der Waals surface area contributed by atoms with Crippen molar-refractivity contribution < 1.29 is 14.3 Å². The van der Waals surface area contributed by atoms with Gasteiger partial charge in [-0.25, -0.2) is 9.18 Å². The molecule has 88 valence electrons. The molecule has 16 heavy (non-hydrogen) atoms. The van der Waals surface area contributed by atoms with E-state index < -0.39 is 11.8 Å². The van der Waals surface area contributed by atoms with Crippen LogP contribution in [-0.4, -0.2) is 16.8 Å². The Labute approximate surface area is 98.9 Å². The van der Waals surface area contributed by atoms with E-state index in [1.165, 1.54) is 30.0 Å². The first-order chi connectivity index (χ1) is 7.56. The van der Waals surface area contributed by atoms with E-state index in [9.17, 15) is 9.18 Å². The lowest BCUT2D eigenvalue weighted by Gasteiger charge is -2.10. The van der Waals surface area contributed by atoms with E-state index in [1.54, 1.807) is 0 Å². The lowest BCUT2D eigenvalue weighted by Crippen LogP contribution is -2.03. The predicted octanol–water partition coefficient (Wildman–Crippen LogP) is 3.66. The van der Waals surface area contributed by atoms with Crippen LogP contribution < -0.4 is 0 Å². The highest BCUT2D eigenvalue weighted by atomic mass is 32.2. The molecule has 0 aliphatic rings. The van der Waals surface area contributed by atoms with Crippen molar-refractivity contribution >= 4 is 17.7 Å². The van der Waals surface area contributed by atoms with Gasteiger partial charge in [-0.3, -0.25) is 0 Å². The summed E-state index contributed by atoms with van der Waals surface area (Å²) < 4.78 is 13.5. The molecule has 0 aromatic heterocycles. The smallest absolute Gasteiger partial charge is 0.336 e. The molecule has 1 aromatic carbocycles. The van der Waals surface area contributed by atoms with E-state index in [4.69, 9.17) is 5.11 Å². The molecule has 0 heterocycles. The van der Waals surface area contributed by atoms with Crippen molar-refractivity contribution in [2.75, 3.05) is 5.75 Å². The molecule has 0 amide bonds. The third-order valence-corrected chi connectivity index (χ3v) is 3.85. The van der Waals surface area contributed by atoms with Crippen molar-refractivity contribution in [1.29, 1.82) is 0 Å². The summed E-state index contributed by atoms with van der Waals surface area (Å²) in [5, 5.41) is 8.93. The van der Waals surface area contributed by atoms with Gasteiger partial charge in [-0.1, -0.05) is 26.3 Å². The van der Waals surface area contributed by atoms with E-state index in [1.807, 2.05) is 0 Å². The molecular weight excluding hydrogens is 227 g/mol. The maximum atomic E-state index is 13.5. The standard InChI is InChI=1S/C12H15FO2S/c1-3-8(2)7-16-11-9(12(14)15)5-4-6-10(11)13/h4-6,8H,3,7H2,1-2H3,(H,14,15). The second-order valence-electron chi connectivity index (χ2n) is 3.75. The maximum Gasteiger partial charge on any atom is 0.336 e. The minimum Gasteiger partial charge on any atom is -0.478 e. The van der Waals surface area contributed by atoms with E-state index in [0.717, 1.165) is 12.2 Å². The third-order valence-electron chi connectivity index (χ3n) is 2.41. The van der Waals surface area contributed by atoms with E-state index in [0.29, 0.717) is 5.92 Å². The van der Waals surface area contributed by atoms with Gasteiger partial charge < -0.3 is 5.11 Å². The number of thioether (sulfide) groups is 1. The molecule has 1 N–H and O–H groups in total. The topological polar surface area (TPSA) is 37.3 Å². The molecule has 0 radical (unpaired) electrons. The van der Waals surface area contributed by atoms with Gasteiger partial charge >= 0.3 is 5.97 Å². The summed E-state index contributed by atoms with van der Waals surface area (Å²) in [5.41, 5.74) is 0.0494. The van der Waals surface area contributed by atoms with E-state index in [2.05, 4.69) is 13.8 Å². The second kappa shape index (κ2) is 5.89. The Morgan fingerprint density at radius 2 is 2.25 bits per heavy atom. The first-order valence-electron chi connectivity index (χ1n) is 5.20. The minimum absolute atomic E-state index is 0.0494. The lowest BCUT2D eigenvalue weighted by molar-refractivity contribution is 0.0692. The van der Waals surface area contributed by atoms with Gasteiger partial charge in [-0.15, -0.1) is 11.8 Å². The molecule has 1 aromatic rings. The van der Waals surface area contributed by atoms with Crippen LogP contribution in [0.2, 0.25) is 0 Å². The third kappa shape index (κ3) is 3.23. The Morgan fingerprint density at radius 3 is 2.81 bits per heavy atom. The molecule has 0 aliphatic heterocycles. The Hall–Kier alpha value is -1.03. The molecule has 2 nitrogen and oxygen atoms in total. The van der Waals surface area contributed by atoms with Gasteiger partial charge in [0.25, 0.3) is 0 Å². The van der Waals surface area contributed by atoms with Crippen molar-refractivity contribution in [3.05, 3.63) is 29.6 Å². The summed E-state index contributed by atoms with van der Waals surface area (Å²) in [7, 11) is 0. The molecule has 1 unspecified atom stereocenters. The van der Waals surface area contributed by atoms with Crippen LogP contribution >= 0.6 is 11.8 Å². The van der Waals surface area contributed by atoms with Crippen LogP contribution in [0.1, 0.15) is 30.6 Å². The summed E-state index contributed by atoms with van der Waals surface area (Å²) in [6.45, 7) is 4.12. The fraction of sp³-hybridized carbons (Fsp3) is 0.417. The van der Waals surface area contributed by atoms with Crippen molar-refractivity contribution in [1.82, 2.24) is 0 Å². The van der Waals surface area contributed by atoms with Crippen LogP contribution in [0.3, 0.4) is 0 Å². The lowest BCUT2D eigenvalue weighted by atomic mass is 10.2. The molecule has 1 atom stereocenters. The average molecular weight is 242 g/mol. The van der Waals surface area contributed by atoms with Crippen LogP contribution in [0.4, 0.5) is 4.39 Å². The number of hydrogen-bond donors (Lipinski definition) is 1. The number of benzene rings is 1. The highest BCUT2D eigenvalue weighted by Gasteiger charge is 2.15. The number of carboxylic acid groups (broad SMARTS) is 1. The van der Waals surface area contributed by atoms with Crippen LogP contribution in [-0.2, 0) is 0 Å². The summed E-state index contributed by atoms with van der Waals surface area (Å²) >= 11 is 1.28. The fourth-order valence-electron chi connectivity index (χ4n) is 1.17. The SMILES string of the molecule is CCC(C)CSc1c(F)cccc1C(=O)O. The summed E-state index contributed by atoms with van der Waals surface area (Å²) in [6.07, 6.45) is 1.00. The number of hydrogen-bond acceptors (Lipinski definition) is 2. The predicted molar refractivity (Wildman–Crippen MR) is 63.5 cm³/mol. The Kier molecular flexibility index (Phi) is 4.80. The van der Waals surface area contributed by atoms with Gasteiger partial charge in [0.05, 0.1) is 10.5 Å². The molecule has 0 fully saturated rings. The number of halogens is 1. The molecule has 4 heteroatoms. The monoisotopic (exact) mass is 242 g/mol. The second-order valence-corrected chi connectivity index (χ2v) is 4.78. The summed E-state index contributed by atoms with van der Waals surface area (Å²) in [5.74, 6) is -0.344. The van der Waals surface area contributed by atoms with Gasteiger partial charge in [0.2, 0.25) is 0 Å². The molecular formula is C12H15FO2S. The number of carbonyl (C=O) groups is 1. The number of carboxylic acids is 1. The summed E-state index contributed by atoms with van der Waals surface area (Å²) in [4.78, 5) is 11.2. The zero-order valence-electron chi connectivity index (χ0n) is 9.37. The van der Waals surface area contributed by atoms with Gasteiger partial charge in [-0.05, 0) is 18.1 Å². The largest absolute Gasteiger partial charge is 0.478 e. The van der Waals surface area contributed by atoms with Crippen LogP contribution in [0.5, 0.6) is 0 Å².